The van der Waals surface area contributed by atoms with E-state index in [1.54, 1.807) is 0 Å². The summed E-state index contributed by atoms with van der Waals surface area (Å²) in [6.07, 6.45) is 3.51. The van der Waals surface area contributed by atoms with E-state index in [0.717, 1.165) is 37.2 Å². The summed E-state index contributed by atoms with van der Waals surface area (Å²) in [6.45, 7) is 3.14. The number of anilines is 1. The topological polar surface area (TPSA) is 36.4 Å². The molecular weight excluding hydrogens is 274 g/mol. The number of piperidine rings is 1. The van der Waals surface area contributed by atoms with Crippen LogP contribution in [-0.4, -0.2) is 35.7 Å². The van der Waals surface area contributed by atoms with Gasteiger partial charge in [0.15, 0.2) is 0 Å². The molecule has 0 amide bonds. The zero-order valence-corrected chi connectivity index (χ0v) is 12.4. The highest BCUT2D eigenvalue weighted by Crippen LogP contribution is 2.59. The van der Waals surface area contributed by atoms with Gasteiger partial charge in [-0.1, -0.05) is 13.0 Å². The van der Waals surface area contributed by atoms with Crippen molar-refractivity contribution in [3.05, 3.63) is 23.4 Å². The van der Waals surface area contributed by atoms with E-state index < -0.39 is 17.8 Å². The Hall–Kier alpha value is -1.23. The minimum absolute atomic E-state index is 0.220. The molecule has 1 aliphatic heterocycles. The van der Waals surface area contributed by atoms with Gasteiger partial charge in [0.25, 0.3) is 5.92 Å². The molecule has 0 aromatic carbocycles. The van der Waals surface area contributed by atoms with Crippen LogP contribution >= 0.6 is 0 Å². The molecule has 0 radical (unpaired) electrons. The van der Waals surface area contributed by atoms with Crippen molar-refractivity contribution in [2.45, 2.75) is 38.5 Å². The Labute approximate surface area is 124 Å². The molecule has 1 saturated carbocycles. The summed E-state index contributed by atoms with van der Waals surface area (Å²) >= 11 is 0. The summed E-state index contributed by atoms with van der Waals surface area (Å²) in [5.41, 5.74) is 2.27. The largest absolute Gasteiger partial charge is 0.396 e. The van der Waals surface area contributed by atoms with Crippen molar-refractivity contribution >= 4 is 5.82 Å². The van der Waals surface area contributed by atoms with Crippen LogP contribution in [0.5, 0.6) is 0 Å². The van der Waals surface area contributed by atoms with E-state index in [9.17, 15) is 8.78 Å². The van der Waals surface area contributed by atoms with Crippen LogP contribution in [0.15, 0.2) is 12.1 Å². The monoisotopic (exact) mass is 296 g/mol. The molecule has 5 heteroatoms. The summed E-state index contributed by atoms with van der Waals surface area (Å²) in [6, 6.07) is 4.02. The van der Waals surface area contributed by atoms with Gasteiger partial charge < -0.3 is 10.0 Å². The van der Waals surface area contributed by atoms with Crippen LogP contribution in [0.4, 0.5) is 14.6 Å². The van der Waals surface area contributed by atoms with Gasteiger partial charge in [-0.05, 0) is 37.3 Å². The fourth-order valence-corrected chi connectivity index (χ4v) is 3.35. The number of rotatable bonds is 6. The van der Waals surface area contributed by atoms with Gasteiger partial charge in [0.1, 0.15) is 5.82 Å². The first-order valence-electron chi connectivity index (χ1n) is 7.80. The third-order valence-electron chi connectivity index (χ3n) is 4.77. The normalized spacial score (nSPS) is 26.0. The van der Waals surface area contributed by atoms with Crippen LogP contribution < -0.4 is 4.90 Å². The smallest absolute Gasteiger partial charge is 0.258 e. The Kier molecular flexibility index (Phi) is 3.86. The van der Waals surface area contributed by atoms with Crippen molar-refractivity contribution in [1.29, 1.82) is 0 Å². The van der Waals surface area contributed by atoms with Gasteiger partial charge in [0.2, 0.25) is 0 Å². The van der Waals surface area contributed by atoms with Gasteiger partial charge in [-0.15, -0.1) is 0 Å². The second-order valence-electron chi connectivity index (χ2n) is 6.10. The Bertz CT molecular complexity index is 507. The zero-order valence-electron chi connectivity index (χ0n) is 12.4. The third-order valence-corrected chi connectivity index (χ3v) is 4.77. The van der Waals surface area contributed by atoms with E-state index in [-0.39, 0.29) is 6.61 Å². The quantitative estimate of drug-likeness (QED) is 0.820. The number of aryl methyl sites for hydroxylation is 2. The summed E-state index contributed by atoms with van der Waals surface area (Å²) in [7, 11) is 0. The maximum atomic E-state index is 13.2. The number of fused-ring (bicyclic) bond motifs is 1. The number of nitrogens with zero attached hydrogens (tertiary/aromatic N) is 2. The molecule has 1 aromatic rings. The molecule has 116 valence electrons. The lowest BCUT2D eigenvalue weighted by molar-refractivity contribution is 0.0797. The molecule has 1 saturated heterocycles. The Morgan fingerprint density at radius 1 is 1.29 bits per heavy atom. The molecule has 1 N–H and O–H groups in total. The van der Waals surface area contributed by atoms with E-state index in [0.29, 0.717) is 13.1 Å². The molecule has 2 unspecified atom stereocenters. The minimum Gasteiger partial charge on any atom is -0.396 e. The number of halogens is 2. The third kappa shape index (κ3) is 2.63. The highest BCUT2D eigenvalue weighted by atomic mass is 19.3. The summed E-state index contributed by atoms with van der Waals surface area (Å²) in [5, 5.41) is 8.85. The Morgan fingerprint density at radius 3 is 2.62 bits per heavy atom. The van der Waals surface area contributed by atoms with E-state index in [1.165, 1.54) is 5.56 Å². The lowest BCUT2D eigenvalue weighted by atomic mass is 10.0. The lowest BCUT2D eigenvalue weighted by Crippen LogP contribution is -2.28. The van der Waals surface area contributed by atoms with E-state index in [2.05, 4.69) is 18.0 Å². The predicted molar refractivity (Wildman–Crippen MR) is 77.8 cm³/mol. The first-order chi connectivity index (χ1) is 10.1. The Balaban J connectivity index is 1.67. The number of hydrogen-bond acceptors (Lipinski definition) is 3. The summed E-state index contributed by atoms with van der Waals surface area (Å²) in [5.74, 6) is -2.53. The number of unbranched alkanes of at least 4 members (excludes halogenated alkanes) is 1. The number of hydrogen-bond donors (Lipinski definition) is 1. The first-order valence-corrected chi connectivity index (χ1v) is 7.80. The average Bonchev–Trinajstić information content (AvgIpc) is 2.84. The van der Waals surface area contributed by atoms with Crippen molar-refractivity contribution in [2.24, 2.45) is 11.8 Å². The molecular formula is C16H22F2N2O. The van der Waals surface area contributed by atoms with Gasteiger partial charge in [0.05, 0.1) is 11.8 Å². The molecule has 2 aliphatic rings. The van der Waals surface area contributed by atoms with Crippen molar-refractivity contribution in [3.8, 4) is 0 Å². The summed E-state index contributed by atoms with van der Waals surface area (Å²) in [4.78, 5) is 6.66. The molecule has 3 rings (SSSR count). The van der Waals surface area contributed by atoms with Gasteiger partial charge in [0, 0.05) is 25.4 Å². The maximum absolute atomic E-state index is 13.2. The van der Waals surface area contributed by atoms with E-state index in [1.807, 2.05) is 11.0 Å². The maximum Gasteiger partial charge on any atom is 0.258 e. The number of pyridine rings is 1. The molecule has 2 atom stereocenters. The van der Waals surface area contributed by atoms with Crippen LogP contribution in [0.1, 0.15) is 31.0 Å². The predicted octanol–water partition coefficient (Wildman–Crippen LogP) is 2.66. The molecule has 2 heterocycles. The standard InChI is InChI=1S/C16H22F2N2O/c1-2-14-11(5-3-4-8-21)6-7-15(19-14)20-9-12-13(10-20)16(12,17)18/h6-7,12-13,21H,2-5,8-10H2,1H3. The lowest BCUT2D eigenvalue weighted by Gasteiger charge is -2.22. The highest BCUT2D eigenvalue weighted by Gasteiger charge is 2.71. The molecule has 1 aromatic heterocycles. The first kappa shape index (κ1) is 14.7. The van der Waals surface area contributed by atoms with Gasteiger partial charge in [-0.25, -0.2) is 13.8 Å². The van der Waals surface area contributed by atoms with Gasteiger partial charge >= 0.3 is 0 Å². The molecule has 0 bridgehead atoms. The van der Waals surface area contributed by atoms with E-state index >= 15 is 0 Å². The van der Waals surface area contributed by atoms with Crippen LogP contribution in [0.2, 0.25) is 0 Å². The molecule has 1 aliphatic carbocycles. The molecule has 21 heavy (non-hydrogen) atoms. The van der Waals surface area contributed by atoms with Crippen LogP contribution in [0, 0.1) is 11.8 Å². The van der Waals surface area contributed by atoms with Crippen LogP contribution in [-0.2, 0) is 12.8 Å². The number of alkyl halides is 2. The molecule has 3 nitrogen and oxygen atoms in total. The molecule has 0 spiro atoms. The SMILES string of the molecule is CCc1nc(N2CC3C(C2)C3(F)F)ccc1CCCCO. The number of aliphatic hydroxyl groups is 1. The fourth-order valence-electron chi connectivity index (χ4n) is 3.35. The second kappa shape index (κ2) is 5.52. The van der Waals surface area contributed by atoms with Crippen LogP contribution in [0.25, 0.3) is 0 Å². The second-order valence-corrected chi connectivity index (χ2v) is 6.10. The fraction of sp³-hybridized carbons (Fsp3) is 0.688. The van der Waals surface area contributed by atoms with Gasteiger partial charge in [-0.3, -0.25) is 0 Å². The van der Waals surface area contributed by atoms with Crippen molar-refractivity contribution < 1.29 is 13.9 Å². The minimum atomic E-state index is -2.44. The zero-order chi connectivity index (χ0) is 15.0. The van der Waals surface area contributed by atoms with E-state index in [4.69, 9.17) is 5.11 Å². The molecule has 2 fully saturated rings. The number of aliphatic hydroxyl groups excluding tert-OH is 1. The highest BCUT2D eigenvalue weighted by molar-refractivity contribution is 5.45. The van der Waals surface area contributed by atoms with Crippen LogP contribution in [0.3, 0.4) is 0 Å². The van der Waals surface area contributed by atoms with Gasteiger partial charge in [-0.2, -0.15) is 0 Å². The summed E-state index contributed by atoms with van der Waals surface area (Å²) < 4.78 is 26.5. The van der Waals surface area contributed by atoms with Crippen molar-refractivity contribution in [2.75, 3.05) is 24.6 Å². The van der Waals surface area contributed by atoms with Crippen molar-refractivity contribution in [1.82, 2.24) is 4.98 Å². The Morgan fingerprint density at radius 2 is 2.00 bits per heavy atom. The number of aromatic nitrogens is 1. The average molecular weight is 296 g/mol. The van der Waals surface area contributed by atoms with Crippen molar-refractivity contribution in [3.63, 3.8) is 0 Å².